The third-order valence-electron chi connectivity index (χ3n) is 3.82. The van der Waals surface area contributed by atoms with Gasteiger partial charge in [-0.25, -0.2) is 0 Å². The Labute approximate surface area is 139 Å². The summed E-state index contributed by atoms with van der Waals surface area (Å²) in [6.07, 6.45) is 1.19. The zero-order valence-corrected chi connectivity index (χ0v) is 12.9. The molecule has 7 heteroatoms. The molecule has 1 aliphatic heterocycles. The van der Waals surface area contributed by atoms with Gasteiger partial charge in [-0.1, -0.05) is 6.07 Å². The van der Waals surface area contributed by atoms with Crippen LogP contribution in [0.2, 0.25) is 0 Å². The second kappa shape index (κ2) is 7.17. The normalized spacial score (nSPS) is 12.4. The minimum Gasteiger partial charge on any atom is -0.457 e. The van der Waals surface area contributed by atoms with Crippen molar-refractivity contribution in [3.05, 3.63) is 53.1 Å². The molecule has 2 aromatic rings. The maximum Gasteiger partial charge on any atom is 0.491 e. The molecule has 0 aliphatic carbocycles. The van der Waals surface area contributed by atoms with Gasteiger partial charge in [0.15, 0.2) is 0 Å². The number of hydrogen-bond donors (Lipinski definition) is 2. The van der Waals surface area contributed by atoms with Gasteiger partial charge in [-0.2, -0.15) is 5.26 Å². The van der Waals surface area contributed by atoms with Gasteiger partial charge in [0, 0.05) is 6.54 Å². The number of hydrogen-bond acceptors (Lipinski definition) is 5. The number of amides is 1. The molecule has 0 bridgehead atoms. The minimum atomic E-state index is -0.881. The SMILES string of the molecule is N#Cc1ccc(Oc2ccc3c(c2)COB3O)c(CCNC=O)c1. The molecule has 0 unspecified atom stereocenters. The predicted octanol–water partition coefficient (Wildman–Crippen LogP) is 0.857. The van der Waals surface area contributed by atoms with E-state index in [1.165, 1.54) is 0 Å². The molecular weight excluding hydrogens is 307 g/mol. The van der Waals surface area contributed by atoms with Gasteiger partial charge in [-0.05, 0) is 53.3 Å². The highest BCUT2D eigenvalue weighted by molar-refractivity contribution is 6.61. The zero-order chi connectivity index (χ0) is 16.9. The van der Waals surface area contributed by atoms with Crippen LogP contribution in [-0.2, 0) is 22.5 Å². The van der Waals surface area contributed by atoms with Crippen LogP contribution in [0.3, 0.4) is 0 Å². The Morgan fingerprint density at radius 1 is 1.38 bits per heavy atom. The Balaban J connectivity index is 1.84. The number of carbonyl (C=O) groups is 1. The topological polar surface area (TPSA) is 91.6 Å². The van der Waals surface area contributed by atoms with E-state index in [2.05, 4.69) is 11.4 Å². The monoisotopic (exact) mass is 322 g/mol. The predicted molar refractivity (Wildman–Crippen MR) is 87.8 cm³/mol. The van der Waals surface area contributed by atoms with Gasteiger partial charge in [-0.3, -0.25) is 4.79 Å². The third-order valence-corrected chi connectivity index (χ3v) is 3.82. The summed E-state index contributed by atoms with van der Waals surface area (Å²) in [5.74, 6) is 1.25. The molecule has 24 heavy (non-hydrogen) atoms. The first-order valence-electron chi connectivity index (χ1n) is 7.51. The maximum absolute atomic E-state index is 10.4. The lowest BCUT2D eigenvalue weighted by molar-refractivity contribution is -0.109. The average molecular weight is 322 g/mol. The molecule has 1 amide bonds. The van der Waals surface area contributed by atoms with E-state index >= 15 is 0 Å². The Kier molecular flexibility index (Phi) is 4.80. The van der Waals surface area contributed by atoms with Gasteiger partial charge >= 0.3 is 7.12 Å². The molecule has 0 atom stereocenters. The molecule has 0 fully saturated rings. The van der Waals surface area contributed by atoms with Gasteiger partial charge in [0.25, 0.3) is 0 Å². The van der Waals surface area contributed by atoms with E-state index in [0.717, 1.165) is 16.6 Å². The van der Waals surface area contributed by atoms with Crippen molar-refractivity contribution in [1.29, 1.82) is 5.26 Å². The lowest BCUT2D eigenvalue weighted by atomic mass is 9.80. The highest BCUT2D eigenvalue weighted by Crippen LogP contribution is 2.28. The van der Waals surface area contributed by atoms with Gasteiger partial charge in [0.1, 0.15) is 11.5 Å². The van der Waals surface area contributed by atoms with E-state index in [9.17, 15) is 9.82 Å². The zero-order valence-electron chi connectivity index (χ0n) is 12.9. The molecule has 1 aliphatic rings. The van der Waals surface area contributed by atoms with E-state index < -0.39 is 7.12 Å². The first kappa shape index (κ1) is 16.1. The number of nitriles is 1. The van der Waals surface area contributed by atoms with Gasteiger partial charge < -0.3 is 19.7 Å². The Morgan fingerprint density at radius 3 is 3.04 bits per heavy atom. The summed E-state index contributed by atoms with van der Waals surface area (Å²) >= 11 is 0. The Morgan fingerprint density at radius 2 is 2.25 bits per heavy atom. The summed E-state index contributed by atoms with van der Waals surface area (Å²) in [5, 5.41) is 21.3. The number of nitrogens with zero attached hydrogens (tertiary/aromatic N) is 1. The van der Waals surface area contributed by atoms with Crippen molar-refractivity contribution in [1.82, 2.24) is 5.32 Å². The van der Waals surface area contributed by atoms with Crippen LogP contribution < -0.4 is 15.5 Å². The molecule has 0 saturated heterocycles. The van der Waals surface area contributed by atoms with Crippen LogP contribution in [0.15, 0.2) is 36.4 Å². The van der Waals surface area contributed by atoms with Crippen LogP contribution >= 0.6 is 0 Å². The summed E-state index contributed by atoms with van der Waals surface area (Å²) in [6, 6.07) is 12.7. The Hall–Kier alpha value is -2.82. The highest BCUT2D eigenvalue weighted by Gasteiger charge is 2.27. The van der Waals surface area contributed by atoms with Crippen molar-refractivity contribution in [2.24, 2.45) is 0 Å². The summed E-state index contributed by atoms with van der Waals surface area (Å²) < 4.78 is 11.1. The molecule has 1 heterocycles. The largest absolute Gasteiger partial charge is 0.491 e. The maximum atomic E-state index is 10.4. The van der Waals surface area contributed by atoms with Crippen LogP contribution in [0.25, 0.3) is 0 Å². The summed E-state index contributed by atoms with van der Waals surface area (Å²) in [7, 11) is -0.881. The van der Waals surface area contributed by atoms with Crippen molar-refractivity contribution < 1.29 is 19.2 Å². The second-order valence-electron chi connectivity index (χ2n) is 5.38. The molecule has 2 N–H and O–H groups in total. The van der Waals surface area contributed by atoms with Crippen molar-refractivity contribution in [2.45, 2.75) is 13.0 Å². The molecule has 6 nitrogen and oxygen atoms in total. The molecular formula is C17H15BN2O4. The van der Waals surface area contributed by atoms with Crippen LogP contribution in [0.4, 0.5) is 0 Å². The van der Waals surface area contributed by atoms with E-state index in [0.29, 0.717) is 43.0 Å². The standard InChI is InChI=1S/C17H15BN2O4/c19-9-12-1-4-17(13(7-12)5-6-20-11-21)24-15-2-3-16-14(8-15)10-23-18(16)22/h1-4,7-8,11,22H,5-6,10H2,(H,20,21). The van der Waals surface area contributed by atoms with Crippen molar-refractivity contribution in [3.8, 4) is 17.6 Å². The molecule has 3 rings (SSSR count). The van der Waals surface area contributed by atoms with E-state index in [-0.39, 0.29) is 0 Å². The van der Waals surface area contributed by atoms with Crippen LogP contribution in [0.1, 0.15) is 16.7 Å². The average Bonchev–Trinajstić information content (AvgIpc) is 2.97. The smallest absolute Gasteiger partial charge is 0.457 e. The van der Waals surface area contributed by atoms with Gasteiger partial charge in [0.2, 0.25) is 6.41 Å². The van der Waals surface area contributed by atoms with Gasteiger partial charge in [-0.15, -0.1) is 0 Å². The quantitative estimate of drug-likeness (QED) is 0.467. The number of nitrogens with one attached hydrogen (secondary N) is 1. The van der Waals surface area contributed by atoms with E-state index in [1.807, 2.05) is 6.07 Å². The lowest BCUT2D eigenvalue weighted by Crippen LogP contribution is -2.27. The molecule has 0 aromatic heterocycles. The number of fused-ring (bicyclic) bond motifs is 1. The number of benzene rings is 2. The van der Waals surface area contributed by atoms with E-state index in [4.69, 9.17) is 14.7 Å². The van der Waals surface area contributed by atoms with Crippen LogP contribution in [0, 0.1) is 11.3 Å². The number of carbonyl (C=O) groups excluding carboxylic acids is 1. The van der Waals surface area contributed by atoms with Crippen molar-refractivity contribution >= 4 is 19.0 Å². The molecule has 0 saturated carbocycles. The third kappa shape index (κ3) is 3.40. The first-order valence-corrected chi connectivity index (χ1v) is 7.51. The van der Waals surface area contributed by atoms with Gasteiger partial charge in [0.05, 0.1) is 18.2 Å². The van der Waals surface area contributed by atoms with Crippen LogP contribution in [-0.4, -0.2) is 25.1 Å². The molecule has 2 aromatic carbocycles. The Bertz CT molecular complexity index is 804. The molecule has 120 valence electrons. The summed E-state index contributed by atoms with van der Waals surface area (Å²) in [5.41, 5.74) is 3.00. The fourth-order valence-electron chi connectivity index (χ4n) is 2.61. The summed E-state index contributed by atoms with van der Waals surface area (Å²) in [6.45, 7) is 0.802. The summed E-state index contributed by atoms with van der Waals surface area (Å²) in [4.78, 5) is 10.4. The van der Waals surface area contributed by atoms with E-state index in [1.54, 1.807) is 30.3 Å². The fourth-order valence-corrected chi connectivity index (χ4v) is 2.61. The molecule has 0 spiro atoms. The lowest BCUT2D eigenvalue weighted by Gasteiger charge is -2.12. The van der Waals surface area contributed by atoms with Crippen molar-refractivity contribution in [2.75, 3.05) is 6.54 Å². The first-order chi connectivity index (χ1) is 11.7. The molecule has 0 radical (unpaired) electrons. The second-order valence-corrected chi connectivity index (χ2v) is 5.38. The number of ether oxygens (including phenoxy) is 1. The minimum absolute atomic E-state index is 0.344. The highest BCUT2D eigenvalue weighted by atomic mass is 16.5. The van der Waals surface area contributed by atoms with Crippen LogP contribution in [0.5, 0.6) is 11.5 Å². The fraction of sp³-hybridized carbons (Fsp3) is 0.176. The number of rotatable bonds is 6. The van der Waals surface area contributed by atoms with Crippen molar-refractivity contribution in [3.63, 3.8) is 0 Å².